The van der Waals surface area contributed by atoms with E-state index < -0.39 is 27.0 Å². The summed E-state index contributed by atoms with van der Waals surface area (Å²) in [5.41, 5.74) is 21.7. The van der Waals surface area contributed by atoms with Crippen LogP contribution in [-0.2, 0) is 80.7 Å². The summed E-state index contributed by atoms with van der Waals surface area (Å²) in [6.45, 7) is 59.2. The van der Waals surface area contributed by atoms with Crippen LogP contribution in [0.1, 0.15) is 240 Å². The van der Waals surface area contributed by atoms with Gasteiger partial charge in [-0.3, -0.25) is 0 Å². The molecule has 3 aliphatic heterocycles. The molecule has 4 aliphatic rings. The van der Waals surface area contributed by atoms with Crippen molar-refractivity contribution in [3.8, 4) is 11.5 Å². The zero-order valence-electron chi connectivity index (χ0n) is 66.6. The van der Waals surface area contributed by atoms with Crippen molar-refractivity contribution in [3.63, 3.8) is 0 Å². The van der Waals surface area contributed by atoms with Gasteiger partial charge in [-0.2, -0.15) is 0 Å². The molecule has 0 unspecified atom stereocenters. The van der Waals surface area contributed by atoms with Gasteiger partial charge in [-0.15, -0.1) is 16.2 Å². The zero-order valence-corrected chi connectivity index (χ0v) is 74.8. The number of rotatable bonds is 16. The Morgan fingerprint density at radius 2 is 0.731 bits per heavy atom. The normalized spacial score (nSPS) is 16.9. The van der Waals surface area contributed by atoms with E-state index in [0.29, 0.717) is 0 Å². The van der Waals surface area contributed by atoms with Gasteiger partial charge >= 0.3 is 243 Å². The molecule has 0 bridgehead atoms. The maximum atomic E-state index is 6.19. The first-order valence-electron chi connectivity index (χ1n) is 37.1. The molecule has 0 amide bonds. The van der Waals surface area contributed by atoms with Crippen LogP contribution in [0.25, 0.3) is 11.6 Å². The molecule has 104 heavy (non-hydrogen) atoms. The molecule has 1 aliphatic carbocycles. The molecule has 13 heteroatoms. The molecule has 0 saturated carbocycles. The minimum atomic E-state index is -1.88. The van der Waals surface area contributed by atoms with E-state index in [2.05, 4.69) is 287 Å². The SMILES string of the molecule is C/C=C/c1ccccc1OC(C)C.CC(C)Oc1ccccc1[CH]=[Ru]([Cl])[Cl].CCc1cccc(CC)c1N1[CH-]C(C)(C)CC1(C)C.CCc1cccc(CC)c1N1[CH-]C(C)(C)CC1(C)C.CCc1cccc(CC)c1N1[CH-]C(C)(C)CC1(C)C.[Cl][Cu].[Cl][Ru]([Cl])=[C]1C=C(c2ccccc2)c2ccccc21. The Kier molecular flexibility index (Phi) is 36.3. The van der Waals surface area contributed by atoms with Crippen LogP contribution < -0.4 is 24.2 Å². The summed E-state index contributed by atoms with van der Waals surface area (Å²) in [5.74, 6) is 1.80. The first kappa shape index (κ1) is 90.6. The van der Waals surface area contributed by atoms with Crippen LogP contribution in [0.4, 0.5) is 17.1 Å². The number of nitrogens with zero attached hydrogens (tertiary/aromatic N) is 3. The number of hydrogen-bond acceptors (Lipinski definition) is 5. The van der Waals surface area contributed by atoms with Gasteiger partial charge in [0.25, 0.3) is 0 Å². The quantitative estimate of drug-likeness (QED) is 0.0710. The molecule has 5 nitrogen and oxygen atoms in total. The van der Waals surface area contributed by atoms with Gasteiger partial charge in [-0.05, 0) is 140 Å². The molecule has 3 fully saturated rings. The second-order valence-corrected chi connectivity index (χ2v) is 43.1. The Balaban J connectivity index is 0.000000224. The van der Waals surface area contributed by atoms with E-state index in [-0.39, 0.29) is 45.1 Å². The Hall–Kier alpha value is -4.02. The number of hydrogen-bond donors (Lipinski definition) is 0. The molecule has 3 heterocycles. The third-order valence-corrected chi connectivity index (χ3v) is 23.7. The molecule has 0 spiro atoms. The molecule has 578 valence electrons. The van der Waals surface area contributed by atoms with E-state index in [4.69, 9.17) is 48.2 Å². The Morgan fingerprint density at radius 3 is 1.03 bits per heavy atom. The van der Waals surface area contributed by atoms with E-state index in [9.17, 15) is 0 Å². The van der Waals surface area contributed by atoms with Crippen LogP contribution in [0.3, 0.4) is 0 Å². The fraction of sp³-hybridized carbons (Fsp3) is 0.440. The third kappa shape index (κ3) is 25.8. The number of allylic oxidation sites excluding steroid dienone is 2. The van der Waals surface area contributed by atoms with Crippen molar-refractivity contribution in [3.05, 3.63) is 251 Å². The number of anilines is 3. The van der Waals surface area contributed by atoms with E-state index >= 15 is 0 Å². The van der Waals surface area contributed by atoms with Crippen LogP contribution in [0.15, 0.2) is 170 Å². The number of benzene rings is 7. The molecule has 0 N–H and O–H groups in total. The van der Waals surface area contributed by atoms with Gasteiger partial charge in [-0.25, -0.2) is 19.6 Å². The molecular formula is C91H122Cl5CuN3O2Ru2-3. The summed E-state index contributed by atoms with van der Waals surface area (Å²) in [6, 6.07) is 54.8. The molecule has 0 radical (unpaired) electrons. The number of ether oxygens (including phenoxy) is 2. The fourth-order valence-corrected chi connectivity index (χ4v) is 19.6. The van der Waals surface area contributed by atoms with E-state index in [1.54, 1.807) is 0 Å². The van der Waals surface area contributed by atoms with Crippen LogP contribution in [0.2, 0.25) is 0 Å². The summed E-state index contributed by atoms with van der Waals surface area (Å²) >= 11 is 0.00912. The minimum absolute atomic E-state index is 0.163. The summed E-state index contributed by atoms with van der Waals surface area (Å²) in [5, 5.41) is 0. The standard InChI is InChI=1S/3C18H28N.C15H10.C12H16O.C10H12O.5ClH.Cu.2Ru/c3*1-7-14-10-9-11-15(8-2)16(14)19-13-17(3,4)12-18(19,5)6;1-2-6-12(7-3-1)15-11-10-13-8-4-5-9-14(13)15;1-4-7-11-8-5-6-9-12(11)13-10(2)3;1-8(2)11-10-7-5-4-6-9(10)3;;;;;;;;/h3*9-11,13H,7-8,12H2,1-6H3;1-9,11H;4-10H,1-3H3;3-8H,1-2H3;5*1H;;;/q3*-1;;;;;;;;;+1;2*+2/p-5/b;;;;7-4+;;;;;;;;;. The summed E-state index contributed by atoms with van der Waals surface area (Å²) in [6.07, 6.45) is 16.8. The topological polar surface area (TPSA) is 28.2 Å². The Morgan fingerprint density at radius 1 is 0.423 bits per heavy atom. The number of para-hydroxylation sites is 5. The zero-order chi connectivity index (χ0) is 77.5. The fourth-order valence-electron chi connectivity index (χ4n) is 15.3. The van der Waals surface area contributed by atoms with Crippen molar-refractivity contribution in [2.24, 2.45) is 16.2 Å². The van der Waals surface area contributed by atoms with Crippen LogP contribution in [0.5, 0.6) is 11.5 Å². The average Bonchev–Trinajstić information content (AvgIpc) is 1.61. The van der Waals surface area contributed by atoms with Crippen molar-refractivity contribution in [2.45, 2.75) is 246 Å². The van der Waals surface area contributed by atoms with Crippen LogP contribution in [-0.4, -0.2) is 37.5 Å². The van der Waals surface area contributed by atoms with E-state index in [1.165, 1.54) is 92.0 Å². The molecule has 0 atom stereocenters. The second-order valence-electron chi connectivity index (χ2n) is 31.5. The Bertz CT molecular complexity index is 3700. The average molecular weight is 1730 g/mol. The monoisotopic (exact) mass is 1730 g/mol. The number of fused-ring (bicyclic) bond motifs is 1. The second kappa shape index (κ2) is 41.7. The summed E-state index contributed by atoms with van der Waals surface area (Å²) in [7, 11) is 28.2. The molecule has 7 aromatic carbocycles. The number of aryl methyl sites for hydroxylation is 6. The first-order valence-corrected chi connectivity index (χ1v) is 49.2. The summed E-state index contributed by atoms with van der Waals surface area (Å²) < 4.78 is 14.3. The predicted octanol–water partition coefficient (Wildman–Crippen LogP) is 27.3. The van der Waals surface area contributed by atoms with Crippen molar-refractivity contribution >= 4 is 86.3 Å². The van der Waals surface area contributed by atoms with Crippen LogP contribution in [0, 0.1) is 35.9 Å². The van der Waals surface area contributed by atoms with Crippen molar-refractivity contribution in [2.75, 3.05) is 14.7 Å². The van der Waals surface area contributed by atoms with Crippen molar-refractivity contribution in [1.29, 1.82) is 0 Å². The van der Waals surface area contributed by atoms with Gasteiger partial charge < -0.3 is 19.4 Å². The van der Waals surface area contributed by atoms with Gasteiger partial charge in [0.2, 0.25) is 0 Å². The molecule has 3 saturated heterocycles. The predicted molar refractivity (Wildman–Crippen MR) is 451 cm³/mol. The van der Waals surface area contributed by atoms with Gasteiger partial charge in [0.05, 0.1) is 6.10 Å². The molecular weight excluding hydrogens is 1610 g/mol. The van der Waals surface area contributed by atoms with Crippen molar-refractivity contribution in [1.82, 2.24) is 0 Å². The molecule has 7 aromatic rings. The Labute approximate surface area is 670 Å². The van der Waals surface area contributed by atoms with E-state index in [0.717, 1.165) is 65.3 Å². The van der Waals surface area contributed by atoms with Gasteiger partial charge in [0.1, 0.15) is 5.75 Å². The maximum absolute atomic E-state index is 6.19. The van der Waals surface area contributed by atoms with Crippen LogP contribution >= 0.6 is 48.9 Å². The third-order valence-electron chi connectivity index (χ3n) is 18.7. The molecule has 11 rings (SSSR count). The van der Waals surface area contributed by atoms with Crippen molar-refractivity contribution < 1.29 is 51.6 Å². The number of halogens is 5. The first-order chi connectivity index (χ1) is 49.0. The van der Waals surface area contributed by atoms with E-state index in [1.807, 2.05) is 112 Å². The summed E-state index contributed by atoms with van der Waals surface area (Å²) in [4.78, 5) is 7.64. The van der Waals surface area contributed by atoms with Gasteiger partial charge in [0.15, 0.2) is 0 Å². The molecule has 0 aromatic heterocycles. The van der Waals surface area contributed by atoms with Gasteiger partial charge in [-0.1, -0.05) is 187 Å². The van der Waals surface area contributed by atoms with Gasteiger partial charge in [0, 0.05) is 39.2 Å².